The van der Waals surface area contributed by atoms with Crippen LogP contribution in [0.15, 0.2) is 48.5 Å². The summed E-state index contributed by atoms with van der Waals surface area (Å²) < 4.78 is 5.15. The van der Waals surface area contributed by atoms with E-state index in [0.717, 1.165) is 0 Å². The van der Waals surface area contributed by atoms with Crippen LogP contribution in [0.2, 0.25) is 10.0 Å². The van der Waals surface area contributed by atoms with Crippen molar-refractivity contribution in [2.24, 2.45) is 0 Å². The number of nitriles is 1. The fraction of sp³-hybridized carbons (Fsp3) is 0.150. The summed E-state index contributed by atoms with van der Waals surface area (Å²) in [6.45, 7) is -0.344. The Balaban J connectivity index is 1.73. The summed E-state index contributed by atoms with van der Waals surface area (Å²) in [5, 5.41) is 10.2. The fourth-order valence-electron chi connectivity index (χ4n) is 2.73. The topological polar surface area (TPSA) is 86.2 Å². The quantitative estimate of drug-likeness (QED) is 0.596. The molecule has 0 aliphatic carbocycles. The number of para-hydroxylation sites is 1. The number of nitrogens with one attached hydrogen (secondary N) is 1. The van der Waals surface area contributed by atoms with Crippen LogP contribution in [0, 0.1) is 11.3 Å². The van der Waals surface area contributed by atoms with Gasteiger partial charge in [-0.3, -0.25) is 4.79 Å². The minimum absolute atomic E-state index is 0.0852. The summed E-state index contributed by atoms with van der Waals surface area (Å²) in [7, 11) is 0. The van der Waals surface area contributed by atoms with Gasteiger partial charge >= 0.3 is 5.97 Å². The molecule has 0 unspecified atom stereocenters. The zero-order valence-corrected chi connectivity index (χ0v) is 16.1. The molecular formula is C20H15Cl2N3O3. The molecule has 1 N–H and O–H groups in total. The Morgan fingerprint density at radius 3 is 2.64 bits per heavy atom. The molecule has 0 atom stereocenters. The normalized spacial score (nSPS) is 10.5. The SMILES string of the molecule is N#CCCN(C(=O)COC(=O)c1[nH]c2ccccc2c1Cl)c1cccc(Cl)c1. The van der Waals surface area contributed by atoms with E-state index in [9.17, 15) is 9.59 Å². The van der Waals surface area contributed by atoms with Gasteiger partial charge in [0.25, 0.3) is 5.91 Å². The molecule has 0 radical (unpaired) electrons. The molecule has 0 aliphatic heterocycles. The lowest BCUT2D eigenvalue weighted by Gasteiger charge is -2.21. The lowest BCUT2D eigenvalue weighted by molar-refractivity contribution is -0.121. The average molecular weight is 416 g/mol. The maximum Gasteiger partial charge on any atom is 0.356 e. The van der Waals surface area contributed by atoms with E-state index in [-0.39, 0.29) is 23.7 Å². The van der Waals surface area contributed by atoms with Crippen molar-refractivity contribution in [3.63, 3.8) is 0 Å². The smallest absolute Gasteiger partial charge is 0.356 e. The van der Waals surface area contributed by atoms with Gasteiger partial charge in [-0.25, -0.2) is 4.79 Å². The Bertz CT molecular complexity index is 1070. The van der Waals surface area contributed by atoms with Crippen molar-refractivity contribution in [1.29, 1.82) is 5.26 Å². The first-order valence-electron chi connectivity index (χ1n) is 8.37. The minimum Gasteiger partial charge on any atom is -0.451 e. The van der Waals surface area contributed by atoms with Crippen LogP contribution in [0.5, 0.6) is 0 Å². The second-order valence-corrected chi connectivity index (χ2v) is 6.68. The molecule has 8 heteroatoms. The number of benzene rings is 2. The number of halogens is 2. The summed E-state index contributed by atoms with van der Waals surface area (Å²) >= 11 is 12.2. The van der Waals surface area contributed by atoms with Crippen molar-refractivity contribution in [1.82, 2.24) is 4.98 Å². The number of hydrogen-bond acceptors (Lipinski definition) is 4. The number of ether oxygens (including phenoxy) is 1. The van der Waals surface area contributed by atoms with Gasteiger partial charge in [0.1, 0.15) is 5.69 Å². The molecule has 28 heavy (non-hydrogen) atoms. The van der Waals surface area contributed by atoms with Crippen molar-refractivity contribution in [2.75, 3.05) is 18.1 Å². The summed E-state index contributed by atoms with van der Waals surface area (Å²) in [5.74, 6) is -1.21. The lowest BCUT2D eigenvalue weighted by atomic mass is 10.2. The van der Waals surface area contributed by atoms with Crippen LogP contribution in [-0.4, -0.2) is 30.0 Å². The Morgan fingerprint density at radius 2 is 1.93 bits per heavy atom. The first-order chi connectivity index (χ1) is 13.5. The number of anilines is 1. The van der Waals surface area contributed by atoms with Crippen LogP contribution in [0.1, 0.15) is 16.9 Å². The predicted octanol–water partition coefficient (Wildman–Crippen LogP) is 4.58. The first-order valence-corrected chi connectivity index (χ1v) is 9.13. The molecule has 0 saturated heterocycles. The van der Waals surface area contributed by atoms with Crippen molar-refractivity contribution >= 4 is 51.7 Å². The Hall–Kier alpha value is -3.01. The van der Waals surface area contributed by atoms with Gasteiger partial charge in [-0.1, -0.05) is 47.5 Å². The van der Waals surface area contributed by atoms with Gasteiger partial charge in [-0.2, -0.15) is 5.26 Å². The predicted molar refractivity (Wildman–Crippen MR) is 108 cm³/mol. The number of H-pyrrole nitrogens is 1. The molecule has 3 aromatic rings. The molecule has 142 valence electrons. The van der Waals surface area contributed by atoms with E-state index in [0.29, 0.717) is 21.6 Å². The fourth-order valence-corrected chi connectivity index (χ4v) is 3.20. The molecule has 0 saturated carbocycles. The Morgan fingerprint density at radius 1 is 1.14 bits per heavy atom. The van der Waals surface area contributed by atoms with Crippen LogP contribution < -0.4 is 4.90 Å². The van der Waals surface area contributed by atoms with E-state index in [1.54, 1.807) is 42.5 Å². The molecule has 1 amide bonds. The summed E-state index contributed by atoms with van der Waals surface area (Å²) in [5.41, 5.74) is 1.30. The van der Waals surface area contributed by atoms with Gasteiger partial charge in [-0.05, 0) is 24.3 Å². The molecule has 0 bridgehead atoms. The first kappa shape index (κ1) is 19.7. The summed E-state index contributed by atoms with van der Waals surface area (Å²) in [4.78, 5) is 29.2. The molecule has 1 aromatic heterocycles. The monoisotopic (exact) mass is 415 g/mol. The number of amides is 1. The van der Waals surface area contributed by atoms with E-state index in [4.69, 9.17) is 33.2 Å². The maximum absolute atomic E-state index is 12.6. The van der Waals surface area contributed by atoms with Gasteiger partial charge in [-0.15, -0.1) is 0 Å². The highest BCUT2D eigenvalue weighted by Gasteiger charge is 2.21. The van der Waals surface area contributed by atoms with Gasteiger partial charge in [0, 0.05) is 28.2 Å². The van der Waals surface area contributed by atoms with Crippen LogP contribution in [0.3, 0.4) is 0 Å². The number of fused-ring (bicyclic) bond motifs is 1. The van der Waals surface area contributed by atoms with E-state index in [1.165, 1.54) is 4.90 Å². The van der Waals surface area contributed by atoms with Crippen molar-refractivity contribution < 1.29 is 14.3 Å². The second kappa shape index (κ2) is 8.79. The number of nitrogens with zero attached hydrogens (tertiary/aromatic N) is 2. The van der Waals surface area contributed by atoms with Gasteiger partial charge in [0.2, 0.25) is 0 Å². The van der Waals surface area contributed by atoms with E-state index < -0.39 is 18.5 Å². The molecule has 0 aliphatic rings. The third kappa shape index (κ3) is 4.28. The number of carbonyl (C=O) groups excluding carboxylic acids is 2. The molecular weight excluding hydrogens is 401 g/mol. The number of rotatable bonds is 6. The van der Waals surface area contributed by atoms with Gasteiger partial charge in [0.05, 0.1) is 17.5 Å². The molecule has 6 nitrogen and oxygen atoms in total. The highest BCUT2D eigenvalue weighted by atomic mass is 35.5. The average Bonchev–Trinajstić information content (AvgIpc) is 3.03. The van der Waals surface area contributed by atoms with Gasteiger partial charge < -0.3 is 14.6 Å². The lowest BCUT2D eigenvalue weighted by Crippen LogP contribution is -2.35. The van der Waals surface area contributed by atoms with Crippen LogP contribution in [0.4, 0.5) is 5.69 Å². The van der Waals surface area contributed by atoms with Gasteiger partial charge in [0.15, 0.2) is 6.61 Å². The maximum atomic E-state index is 12.6. The van der Waals surface area contributed by atoms with Crippen molar-refractivity contribution in [3.8, 4) is 6.07 Å². The number of aromatic nitrogens is 1. The molecule has 1 heterocycles. The summed E-state index contributed by atoms with van der Waals surface area (Å²) in [6.07, 6.45) is 0.125. The van der Waals surface area contributed by atoms with E-state index >= 15 is 0 Å². The van der Waals surface area contributed by atoms with E-state index in [2.05, 4.69) is 4.98 Å². The second-order valence-electron chi connectivity index (χ2n) is 5.87. The highest BCUT2D eigenvalue weighted by molar-refractivity contribution is 6.38. The largest absolute Gasteiger partial charge is 0.451 e. The van der Waals surface area contributed by atoms with Crippen molar-refractivity contribution in [2.45, 2.75) is 6.42 Å². The number of esters is 1. The molecule has 0 spiro atoms. The summed E-state index contributed by atoms with van der Waals surface area (Å²) in [6, 6.07) is 15.8. The Kier molecular flexibility index (Phi) is 6.19. The third-order valence-electron chi connectivity index (χ3n) is 4.04. The zero-order valence-electron chi connectivity index (χ0n) is 14.6. The molecule has 3 rings (SSSR count). The number of hydrogen-bond donors (Lipinski definition) is 1. The Labute approximate surface area is 171 Å². The van der Waals surface area contributed by atoms with Crippen LogP contribution in [-0.2, 0) is 9.53 Å². The van der Waals surface area contributed by atoms with Crippen molar-refractivity contribution in [3.05, 3.63) is 64.3 Å². The van der Waals surface area contributed by atoms with E-state index in [1.807, 2.05) is 12.1 Å². The third-order valence-corrected chi connectivity index (χ3v) is 4.67. The van der Waals surface area contributed by atoms with Crippen LogP contribution >= 0.6 is 23.2 Å². The van der Waals surface area contributed by atoms with Crippen LogP contribution in [0.25, 0.3) is 10.9 Å². The standard InChI is InChI=1S/C20H15Cl2N3O3/c21-13-5-3-6-14(11-13)25(10-4-9-23)17(26)12-28-20(27)19-18(22)15-7-1-2-8-16(15)24-19/h1-3,5-8,11,24H,4,10,12H2. The molecule has 0 fully saturated rings. The highest BCUT2D eigenvalue weighted by Crippen LogP contribution is 2.27. The number of aromatic amines is 1. The zero-order chi connectivity index (χ0) is 20.1. The minimum atomic E-state index is -0.735. The number of carbonyl (C=O) groups is 2. The molecule has 2 aromatic carbocycles.